The molecule has 1 aliphatic heterocycles. The molecule has 170 valence electrons. The summed E-state index contributed by atoms with van der Waals surface area (Å²) in [6.45, 7) is 5.09. The molecule has 0 atom stereocenters. The Bertz CT molecular complexity index is 1170. The second kappa shape index (κ2) is 9.34. The van der Waals surface area contributed by atoms with Gasteiger partial charge in [-0.1, -0.05) is 25.5 Å². The van der Waals surface area contributed by atoms with Crippen LogP contribution < -0.4 is 11.1 Å². The van der Waals surface area contributed by atoms with E-state index in [0.717, 1.165) is 66.3 Å². The first kappa shape index (κ1) is 21.6. The number of aromatic nitrogens is 1. The summed E-state index contributed by atoms with van der Waals surface area (Å²) in [6, 6.07) is 10.7. The van der Waals surface area contributed by atoms with Crippen molar-refractivity contribution in [2.24, 2.45) is 21.6 Å². The van der Waals surface area contributed by atoms with Gasteiger partial charge in [0.1, 0.15) is 0 Å². The van der Waals surface area contributed by atoms with E-state index in [0.29, 0.717) is 5.92 Å². The number of hydrogen-bond acceptors (Lipinski definition) is 5. The van der Waals surface area contributed by atoms with Crippen molar-refractivity contribution in [3.8, 4) is 0 Å². The first-order valence-corrected chi connectivity index (χ1v) is 12.3. The SMILES string of the molecule is CCCc1ccnc(/C(=C\N)C(Nc2cc(C3=NCC(C4CC4)=N3)ccc2C)=C2CCC2)c1. The standard InChI is InChI=1S/C28H33N5/c1-3-5-19-12-13-30-25(14-19)23(16-29)27(21-6-4-7-21)32-24-15-22(9-8-18(24)2)28-31-17-26(33-28)20-10-11-20/h8-9,12-16,20,32H,3-7,10-11,17,29H2,1-2H3/b23-16+. The van der Waals surface area contributed by atoms with Gasteiger partial charge < -0.3 is 11.1 Å². The lowest BCUT2D eigenvalue weighted by molar-refractivity contribution is 0.656. The minimum Gasteiger partial charge on any atom is -0.404 e. The molecular formula is C28H33N5. The van der Waals surface area contributed by atoms with Crippen LogP contribution in [0.15, 0.2) is 64.0 Å². The van der Waals surface area contributed by atoms with Crippen molar-refractivity contribution in [1.82, 2.24) is 4.98 Å². The minimum atomic E-state index is 0.664. The molecule has 0 bridgehead atoms. The molecule has 33 heavy (non-hydrogen) atoms. The van der Waals surface area contributed by atoms with Crippen LogP contribution in [0.4, 0.5) is 5.69 Å². The number of allylic oxidation sites excluding steroid dienone is 2. The maximum atomic E-state index is 6.20. The average Bonchev–Trinajstić information content (AvgIpc) is 3.52. The number of nitrogens with zero attached hydrogens (tertiary/aromatic N) is 3. The predicted molar refractivity (Wildman–Crippen MR) is 138 cm³/mol. The van der Waals surface area contributed by atoms with E-state index in [9.17, 15) is 0 Å². The Morgan fingerprint density at radius 3 is 2.73 bits per heavy atom. The Morgan fingerprint density at radius 1 is 1.18 bits per heavy atom. The highest BCUT2D eigenvalue weighted by atomic mass is 15.0. The third-order valence-electron chi connectivity index (χ3n) is 6.83. The smallest absolute Gasteiger partial charge is 0.155 e. The van der Waals surface area contributed by atoms with Gasteiger partial charge in [0.25, 0.3) is 0 Å². The summed E-state index contributed by atoms with van der Waals surface area (Å²) < 4.78 is 0. The quantitative estimate of drug-likeness (QED) is 0.545. The number of aryl methyl sites for hydroxylation is 2. The van der Waals surface area contributed by atoms with Gasteiger partial charge in [-0.3, -0.25) is 9.98 Å². The number of anilines is 1. The summed E-state index contributed by atoms with van der Waals surface area (Å²) in [5.74, 6) is 1.53. The van der Waals surface area contributed by atoms with Crippen LogP contribution in [-0.2, 0) is 6.42 Å². The molecule has 2 fully saturated rings. The maximum Gasteiger partial charge on any atom is 0.155 e. The van der Waals surface area contributed by atoms with Crippen LogP contribution in [0.25, 0.3) is 5.57 Å². The van der Waals surface area contributed by atoms with Gasteiger partial charge in [-0.15, -0.1) is 0 Å². The summed E-state index contributed by atoms with van der Waals surface area (Å²) in [7, 11) is 0. The third-order valence-corrected chi connectivity index (χ3v) is 6.83. The lowest BCUT2D eigenvalue weighted by Gasteiger charge is -2.26. The highest BCUT2D eigenvalue weighted by Gasteiger charge is 2.30. The molecule has 0 amide bonds. The summed E-state index contributed by atoms with van der Waals surface area (Å²) in [4.78, 5) is 14.2. The first-order valence-electron chi connectivity index (χ1n) is 12.3. The van der Waals surface area contributed by atoms with Gasteiger partial charge in [0.05, 0.1) is 12.2 Å². The number of benzene rings is 1. The topological polar surface area (TPSA) is 75.7 Å². The van der Waals surface area contributed by atoms with E-state index in [4.69, 9.17) is 15.7 Å². The van der Waals surface area contributed by atoms with E-state index in [2.05, 4.69) is 54.5 Å². The Labute approximate surface area is 196 Å². The van der Waals surface area contributed by atoms with Crippen LogP contribution >= 0.6 is 0 Å². The molecule has 0 saturated heterocycles. The molecule has 0 unspecified atom stereocenters. The molecule has 5 nitrogen and oxygen atoms in total. The Morgan fingerprint density at radius 2 is 2.03 bits per heavy atom. The molecule has 5 heteroatoms. The minimum absolute atomic E-state index is 0.664. The normalized spacial score (nSPS) is 18.0. The van der Waals surface area contributed by atoms with E-state index in [1.54, 1.807) is 6.20 Å². The summed E-state index contributed by atoms with van der Waals surface area (Å²) in [5, 5.41) is 3.75. The molecule has 5 rings (SSSR count). The van der Waals surface area contributed by atoms with Crippen LogP contribution in [0, 0.1) is 12.8 Å². The van der Waals surface area contributed by atoms with E-state index >= 15 is 0 Å². The van der Waals surface area contributed by atoms with Crippen LogP contribution in [-0.4, -0.2) is 23.1 Å². The number of aliphatic imine (C=N–C) groups is 2. The monoisotopic (exact) mass is 439 g/mol. The van der Waals surface area contributed by atoms with Gasteiger partial charge in [0, 0.05) is 40.6 Å². The zero-order valence-corrected chi connectivity index (χ0v) is 19.7. The van der Waals surface area contributed by atoms with Crippen LogP contribution in [0.3, 0.4) is 0 Å². The van der Waals surface area contributed by atoms with E-state index in [1.165, 1.54) is 41.7 Å². The average molecular weight is 440 g/mol. The van der Waals surface area contributed by atoms with Gasteiger partial charge in [0.2, 0.25) is 0 Å². The lowest BCUT2D eigenvalue weighted by atomic mass is 9.87. The molecule has 2 saturated carbocycles. The fourth-order valence-electron chi connectivity index (χ4n) is 4.50. The Kier molecular flexibility index (Phi) is 6.12. The van der Waals surface area contributed by atoms with E-state index in [-0.39, 0.29) is 0 Å². The van der Waals surface area contributed by atoms with Crippen molar-refractivity contribution >= 4 is 22.8 Å². The number of nitrogens with two attached hydrogens (primary N) is 1. The highest BCUT2D eigenvalue weighted by Crippen LogP contribution is 2.37. The summed E-state index contributed by atoms with van der Waals surface area (Å²) >= 11 is 0. The van der Waals surface area contributed by atoms with Gasteiger partial charge >= 0.3 is 0 Å². The van der Waals surface area contributed by atoms with Crippen molar-refractivity contribution in [2.45, 2.75) is 58.8 Å². The molecule has 0 radical (unpaired) electrons. The fraction of sp³-hybridized carbons (Fsp3) is 0.393. The summed E-state index contributed by atoms with van der Waals surface area (Å²) in [5.41, 5.74) is 16.5. The lowest BCUT2D eigenvalue weighted by Crippen LogP contribution is -2.14. The van der Waals surface area contributed by atoms with Crippen molar-refractivity contribution < 1.29 is 0 Å². The van der Waals surface area contributed by atoms with Crippen molar-refractivity contribution in [2.75, 3.05) is 11.9 Å². The third kappa shape index (κ3) is 4.63. The number of hydrogen-bond donors (Lipinski definition) is 2. The van der Waals surface area contributed by atoms with Gasteiger partial charge in [-0.25, -0.2) is 4.99 Å². The second-order valence-corrected chi connectivity index (χ2v) is 9.38. The molecule has 2 aromatic rings. The molecular weight excluding hydrogens is 406 g/mol. The van der Waals surface area contributed by atoms with Gasteiger partial charge in [-0.2, -0.15) is 0 Å². The maximum absolute atomic E-state index is 6.20. The Balaban J connectivity index is 1.46. The molecule has 1 aromatic carbocycles. The van der Waals surface area contributed by atoms with Gasteiger partial charge in [0.15, 0.2) is 5.84 Å². The summed E-state index contributed by atoms with van der Waals surface area (Å²) in [6.07, 6.45) is 11.7. The van der Waals surface area contributed by atoms with Crippen molar-refractivity contribution in [1.29, 1.82) is 0 Å². The first-order chi connectivity index (χ1) is 16.2. The van der Waals surface area contributed by atoms with Crippen molar-refractivity contribution in [3.63, 3.8) is 0 Å². The molecule has 0 spiro atoms. The van der Waals surface area contributed by atoms with Gasteiger partial charge in [-0.05, 0) is 86.3 Å². The number of amidine groups is 1. The molecule has 2 aliphatic carbocycles. The molecule has 3 N–H and O–H groups in total. The molecule has 3 aliphatic rings. The number of nitrogens with one attached hydrogen (secondary N) is 1. The number of rotatable bonds is 8. The highest BCUT2D eigenvalue weighted by molar-refractivity contribution is 6.13. The van der Waals surface area contributed by atoms with Crippen LogP contribution in [0.2, 0.25) is 0 Å². The van der Waals surface area contributed by atoms with Crippen LogP contribution in [0.1, 0.15) is 67.8 Å². The molecule has 2 heterocycles. The van der Waals surface area contributed by atoms with Crippen molar-refractivity contribution in [3.05, 3.63) is 76.4 Å². The largest absolute Gasteiger partial charge is 0.404 e. The number of pyridine rings is 1. The zero-order chi connectivity index (χ0) is 22.8. The van der Waals surface area contributed by atoms with E-state index in [1.807, 2.05) is 6.20 Å². The van der Waals surface area contributed by atoms with E-state index < -0.39 is 0 Å². The molecule has 1 aromatic heterocycles. The van der Waals surface area contributed by atoms with Crippen LogP contribution in [0.5, 0.6) is 0 Å². The predicted octanol–water partition coefficient (Wildman–Crippen LogP) is 5.80. The second-order valence-electron chi connectivity index (χ2n) is 9.38. The zero-order valence-electron chi connectivity index (χ0n) is 19.7. The Hall–Kier alpha value is -3.21. The fourth-order valence-corrected chi connectivity index (χ4v) is 4.50.